The summed E-state index contributed by atoms with van der Waals surface area (Å²) >= 11 is 0. The summed E-state index contributed by atoms with van der Waals surface area (Å²) in [5, 5.41) is 0.505. The van der Waals surface area contributed by atoms with Gasteiger partial charge in [-0.1, -0.05) is 32.5 Å². The Morgan fingerprint density at radius 3 is 2.37 bits per heavy atom. The number of ether oxygens (including phenoxy) is 1. The molecule has 0 radical (unpaired) electrons. The van der Waals surface area contributed by atoms with E-state index >= 15 is 0 Å². The lowest BCUT2D eigenvalue weighted by atomic mass is 9.57. The Hall–Kier alpha value is -0.0151. The minimum Gasteiger partial charge on any atom is -0.377 e. The number of hydrogen-bond donors (Lipinski definition) is 0. The normalized spacial score (nSPS) is 45.3. The first-order valence-electron chi connectivity index (χ1n) is 8.06. The molecule has 3 atom stereocenters. The van der Waals surface area contributed by atoms with Crippen LogP contribution in [0.5, 0.6) is 0 Å². The van der Waals surface area contributed by atoms with Gasteiger partial charge in [0.15, 0.2) is 0 Å². The molecule has 2 nitrogen and oxygen atoms in total. The van der Waals surface area contributed by atoms with Crippen LogP contribution in [0.2, 0.25) is 5.31 Å². The molecule has 3 heteroatoms. The molecule has 1 saturated carbocycles. The van der Waals surface area contributed by atoms with Crippen molar-refractivity contribution in [3.05, 3.63) is 0 Å². The molecule has 3 unspecified atom stereocenters. The van der Waals surface area contributed by atoms with Gasteiger partial charge in [-0.05, 0) is 50.1 Å². The summed E-state index contributed by atoms with van der Waals surface area (Å²) in [7, 11) is 4.79. The molecular weight excluding hydrogens is 233 g/mol. The van der Waals surface area contributed by atoms with Gasteiger partial charge in [-0.2, -0.15) is 0 Å². The zero-order chi connectivity index (χ0) is 13.9. The van der Waals surface area contributed by atoms with Crippen LogP contribution in [-0.4, -0.2) is 45.1 Å². The second-order valence-electron chi connectivity index (χ2n) is 8.89. The van der Waals surface area contributed by atoms with Crippen LogP contribution in [0.15, 0.2) is 0 Å². The van der Waals surface area contributed by atoms with Crippen LogP contribution in [0.3, 0.4) is 0 Å². The van der Waals surface area contributed by atoms with E-state index in [0.29, 0.717) is 16.3 Å². The van der Waals surface area contributed by atoms with E-state index in [-0.39, 0.29) is 0 Å². The summed E-state index contributed by atoms with van der Waals surface area (Å²) in [6, 6.07) is 0. The van der Waals surface area contributed by atoms with Gasteiger partial charge >= 0.3 is 0 Å². The maximum absolute atomic E-state index is 5.65. The van der Waals surface area contributed by atoms with Gasteiger partial charge in [0, 0.05) is 0 Å². The SMILES string of the molecule is BC1(C)CCC2C(CCN(C)C23COC3)C(C)(C)C1. The highest BCUT2D eigenvalue weighted by molar-refractivity contribution is 6.14. The molecule has 19 heavy (non-hydrogen) atoms. The molecule has 108 valence electrons. The highest BCUT2D eigenvalue weighted by Crippen LogP contribution is 2.58. The Morgan fingerprint density at radius 1 is 1.11 bits per heavy atom. The molecule has 0 amide bonds. The molecule has 3 aliphatic rings. The lowest BCUT2D eigenvalue weighted by molar-refractivity contribution is -0.200. The first-order chi connectivity index (χ1) is 8.77. The zero-order valence-corrected chi connectivity index (χ0v) is 13.5. The number of likely N-dealkylation sites (tertiary alicyclic amines) is 1. The Labute approximate surface area is 119 Å². The van der Waals surface area contributed by atoms with E-state index in [1.807, 2.05) is 0 Å². The number of nitrogens with zero attached hydrogens (tertiary/aromatic N) is 1. The van der Waals surface area contributed by atoms with E-state index < -0.39 is 0 Å². The lowest BCUT2D eigenvalue weighted by Crippen LogP contribution is -2.70. The standard InChI is InChI=1S/C16H30BNO/c1-14(2)9-15(3,17)7-5-13-12(14)6-8-18(4)16(13)10-19-11-16/h12-13H,5-11,17H2,1-4H3. The average Bonchev–Trinajstić information content (AvgIpc) is 2.30. The van der Waals surface area contributed by atoms with Crippen molar-refractivity contribution < 1.29 is 4.74 Å². The van der Waals surface area contributed by atoms with Crippen LogP contribution in [0.25, 0.3) is 0 Å². The van der Waals surface area contributed by atoms with Crippen molar-refractivity contribution in [2.75, 3.05) is 26.8 Å². The predicted octanol–water partition coefficient (Wildman–Crippen LogP) is 2.35. The van der Waals surface area contributed by atoms with E-state index in [1.165, 1.54) is 32.2 Å². The van der Waals surface area contributed by atoms with Crippen molar-refractivity contribution in [1.82, 2.24) is 4.90 Å². The van der Waals surface area contributed by atoms with E-state index in [4.69, 9.17) is 4.74 Å². The van der Waals surface area contributed by atoms with E-state index in [1.54, 1.807) is 0 Å². The number of piperidine rings is 1. The number of likely N-dealkylation sites (N-methyl/N-ethyl adjacent to an activating group) is 1. The van der Waals surface area contributed by atoms with Crippen LogP contribution >= 0.6 is 0 Å². The smallest absolute Gasteiger partial charge is 0.109 e. The van der Waals surface area contributed by atoms with Gasteiger partial charge in [-0.3, -0.25) is 4.90 Å². The van der Waals surface area contributed by atoms with E-state index in [2.05, 4.69) is 40.6 Å². The molecule has 2 heterocycles. The molecule has 2 saturated heterocycles. The van der Waals surface area contributed by atoms with Crippen molar-refractivity contribution in [2.45, 2.75) is 57.3 Å². The fourth-order valence-electron chi connectivity index (χ4n) is 5.56. The van der Waals surface area contributed by atoms with Crippen molar-refractivity contribution in [1.29, 1.82) is 0 Å². The molecule has 0 aromatic heterocycles. The van der Waals surface area contributed by atoms with Gasteiger partial charge in [0.05, 0.1) is 18.8 Å². The Balaban J connectivity index is 1.94. The van der Waals surface area contributed by atoms with Crippen LogP contribution in [0.1, 0.15) is 46.5 Å². The summed E-state index contributed by atoms with van der Waals surface area (Å²) in [5.74, 6) is 1.73. The van der Waals surface area contributed by atoms with Gasteiger partial charge in [0.25, 0.3) is 0 Å². The third kappa shape index (κ3) is 2.08. The summed E-state index contributed by atoms with van der Waals surface area (Å²) in [6.45, 7) is 10.7. The van der Waals surface area contributed by atoms with Crippen LogP contribution < -0.4 is 0 Å². The highest BCUT2D eigenvalue weighted by Gasteiger charge is 2.57. The molecular formula is C16H30BNO. The minimum atomic E-state index is 0.376. The number of fused-ring (bicyclic) bond motifs is 2. The van der Waals surface area contributed by atoms with Crippen LogP contribution in [0.4, 0.5) is 0 Å². The summed E-state index contributed by atoms with van der Waals surface area (Å²) < 4.78 is 5.65. The average molecular weight is 263 g/mol. The molecule has 0 bridgehead atoms. The van der Waals surface area contributed by atoms with E-state index in [0.717, 1.165) is 25.0 Å². The molecule has 2 aliphatic heterocycles. The Morgan fingerprint density at radius 2 is 1.79 bits per heavy atom. The summed E-state index contributed by atoms with van der Waals surface area (Å²) in [6.07, 6.45) is 5.54. The third-order valence-corrected chi connectivity index (χ3v) is 6.49. The van der Waals surface area contributed by atoms with Gasteiger partial charge in [-0.25, -0.2) is 0 Å². The fourth-order valence-corrected chi connectivity index (χ4v) is 5.56. The molecule has 0 aromatic rings. The maximum atomic E-state index is 5.65. The Bertz CT molecular complexity index is 362. The maximum Gasteiger partial charge on any atom is 0.109 e. The summed E-state index contributed by atoms with van der Waals surface area (Å²) in [5.41, 5.74) is 0.856. The summed E-state index contributed by atoms with van der Waals surface area (Å²) in [4.78, 5) is 2.62. The van der Waals surface area contributed by atoms with Crippen molar-refractivity contribution in [3.8, 4) is 0 Å². The second kappa shape index (κ2) is 4.24. The molecule has 1 spiro atoms. The van der Waals surface area contributed by atoms with Crippen molar-refractivity contribution in [3.63, 3.8) is 0 Å². The van der Waals surface area contributed by atoms with Crippen LogP contribution in [0, 0.1) is 17.3 Å². The minimum absolute atomic E-state index is 0.376. The molecule has 1 aliphatic carbocycles. The first kappa shape index (κ1) is 13.9. The first-order valence-corrected chi connectivity index (χ1v) is 8.06. The van der Waals surface area contributed by atoms with Gasteiger partial charge < -0.3 is 4.74 Å². The zero-order valence-electron chi connectivity index (χ0n) is 13.5. The Kier molecular flexibility index (Phi) is 3.11. The number of rotatable bonds is 0. The quantitative estimate of drug-likeness (QED) is 0.622. The third-order valence-electron chi connectivity index (χ3n) is 6.49. The second-order valence-corrected chi connectivity index (χ2v) is 8.89. The predicted molar refractivity (Wildman–Crippen MR) is 82.3 cm³/mol. The number of hydrogen-bond acceptors (Lipinski definition) is 2. The van der Waals surface area contributed by atoms with Gasteiger partial charge in [0.2, 0.25) is 0 Å². The molecule has 3 fully saturated rings. The van der Waals surface area contributed by atoms with E-state index in [9.17, 15) is 0 Å². The monoisotopic (exact) mass is 263 g/mol. The fraction of sp³-hybridized carbons (Fsp3) is 1.00. The molecule has 3 rings (SSSR count). The molecule has 0 N–H and O–H groups in total. The largest absolute Gasteiger partial charge is 0.377 e. The highest BCUT2D eigenvalue weighted by atomic mass is 16.5. The van der Waals surface area contributed by atoms with Crippen molar-refractivity contribution in [2.24, 2.45) is 17.3 Å². The van der Waals surface area contributed by atoms with Gasteiger partial charge in [0.1, 0.15) is 7.85 Å². The van der Waals surface area contributed by atoms with Gasteiger partial charge in [-0.15, -0.1) is 0 Å². The van der Waals surface area contributed by atoms with Crippen molar-refractivity contribution >= 4 is 7.85 Å². The molecule has 0 aromatic carbocycles. The lowest BCUT2D eigenvalue weighted by Gasteiger charge is -2.60. The van der Waals surface area contributed by atoms with Crippen LogP contribution in [-0.2, 0) is 4.74 Å². The topological polar surface area (TPSA) is 12.5 Å².